The van der Waals surface area contributed by atoms with E-state index in [1.807, 2.05) is 30.3 Å². The van der Waals surface area contributed by atoms with Gasteiger partial charge in [0.15, 0.2) is 0 Å². The number of methoxy groups -OCH3 is 1. The number of benzene rings is 1. The highest BCUT2D eigenvalue weighted by molar-refractivity contribution is 7.69. The summed E-state index contributed by atoms with van der Waals surface area (Å²) in [5, 5.41) is 0.899. The molecule has 0 saturated carbocycles. The molecule has 3 aromatic rings. The van der Waals surface area contributed by atoms with Gasteiger partial charge in [-0.2, -0.15) is 18.2 Å². The van der Waals surface area contributed by atoms with Crippen LogP contribution in [0.25, 0.3) is 0 Å². The van der Waals surface area contributed by atoms with E-state index in [-0.39, 0.29) is 28.9 Å². The monoisotopic (exact) mass is 522 g/mol. The van der Waals surface area contributed by atoms with Gasteiger partial charge in [-0.15, -0.1) is 0 Å². The lowest BCUT2D eigenvalue weighted by molar-refractivity contribution is -0.137. The molecule has 4 rings (SSSR count). The van der Waals surface area contributed by atoms with Crippen molar-refractivity contribution in [2.75, 3.05) is 61.4 Å². The average Bonchev–Trinajstić information content (AvgIpc) is 2.87. The number of alkyl halides is 3. The van der Waals surface area contributed by atoms with Crippen LogP contribution in [-0.2, 0) is 10.7 Å². The third-order valence-electron chi connectivity index (χ3n) is 5.66. The number of nitrogens with zero attached hydrogens (tertiary/aromatic N) is 7. The van der Waals surface area contributed by atoms with E-state index in [9.17, 15) is 17.7 Å². The van der Waals surface area contributed by atoms with Gasteiger partial charge in [0.2, 0.25) is 11.8 Å². The number of rotatable bonds is 6. The van der Waals surface area contributed by atoms with Crippen LogP contribution in [0.15, 0.2) is 42.7 Å². The number of para-hydroxylation sites is 1. The number of hydrogen-bond donors (Lipinski definition) is 1. The number of ether oxygens (including phenoxy) is 1. The zero-order chi connectivity index (χ0) is 26.1. The van der Waals surface area contributed by atoms with Crippen LogP contribution >= 0.6 is 7.14 Å². The summed E-state index contributed by atoms with van der Waals surface area (Å²) in [5.41, 5.74) is 0.267. The van der Waals surface area contributed by atoms with E-state index in [0.717, 1.165) is 10.7 Å². The minimum absolute atomic E-state index is 0.0331. The number of hydrogen-bond acceptors (Lipinski definition) is 10. The van der Waals surface area contributed by atoms with Gasteiger partial charge in [-0.1, -0.05) is 18.2 Å². The van der Waals surface area contributed by atoms with Gasteiger partial charge in [0.05, 0.1) is 13.3 Å². The standard InChI is InChI=1S/C22H26F3N8O2P/c1-35-20-19(27-14-17(29-20)36(2,3)34)33(26)21-28-13-16(22(23,24)25)18(30-21)32-11-9-31(10-12-32)15-7-5-4-6-8-15/h4-8,13-14H,9-12,26H2,1-3H3. The summed E-state index contributed by atoms with van der Waals surface area (Å²) in [6, 6.07) is 9.66. The van der Waals surface area contributed by atoms with E-state index in [2.05, 4.69) is 24.8 Å². The molecule has 1 fully saturated rings. The molecule has 192 valence electrons. The molecular weight excluding hydrogens is 496 g/mol. The lowest BCUT2D eigenvalue weighted by Gasteiger charge is -2.37. The number of aromatic nitrogens is 4. The quantitative estimate of drug-likeness (QED) is 0.295. The summed E-state index contributed by atoms with van der Waals surface area (Å²) in [6.45, 7) is 4.72. The summed E-state index contributed by atoms with van der Waals surface area (Å²) < 4.78 is 59.1. The topological polar surface area (TPSA) is 114 Å². The molecule has 2 N–H and O–H groups in total. The number of hydrazine groups is 1. The van der Waals surface area contributed by atoms with Gasteiger partial charge in [0, 0.05) is 38.1 Å². The summed E-state index contributed by atoms with van der Waals surface area (Å²) in [5.74, 6) is 5.57. The Morgan fingerprint density at radius 2 is 1.64 bits per heavy atom. The Morgan fingerprint density at radius 3 is 2.22 bits per heavy atom. The van der Waals surface area contributed by atoms with Crippen molar-refractivity contribution in [3.8, 4) is 5.88 Å². The molecule has 1 aliphatic heterocycles. The normalized spacial score (nSPS) is 14.6. The first-order valence-electron chi connectivity index (χ1n) is 11.0. The van der Waals surface area contributed by atoms with Crippen molar-refractivity contribution in [3.63, 3.8) is 0 Å². The smallest absolute Gasteiger partial charge is 0.421 e. The van der Waals surface area contributed by atoms with Gasteiger partial charge in [-0.05, 0) is 25.5 Å². The molecule has 0 radical (unpaired) electrons. The third-order valence-corrected chi connectivity index (χ3v) is 6.98. The third kappa shape index (κ3) is 5.36. The summed E-state index contributed by atoms with van der Waals surface area (Å²) in [6.07, 6.45) is -2.67. The predicted molar refractivity (Wildman–Crippen MR) is 132 cm³/mol. The minimum atomic E-state index is -4.66. The van der Waals surface area contributed by atoms with Crippen molar-refractivity contribution in [1.29, 1.82) is 0 Å². The summed E-state index contributed by atoms with van der Waals surface area (Å²) >= 11 is 0. The first kappa shape index (κ1) is 25.6. The van der Waals surface area contributed by atoms with E-state index >= 15 is 0 Å². The van der Waals surface area contributed by atoms with Crippen LogP contribution in [0.5, 0.6) is 5.88 Å². The first-order chi connectivity index (χ1) is 17.0. The van der Waals surface area contributed by atoms with Gasteiger partial charge in [-0.3, -0.25) is 0 Å². The van der Waals surface area contributed by atoms with Crippen molar-refractivity contribution in [2.24, 2.45) is 5.84 Å². The molecule has 0 amide bonds. The van der Waals surface area contributed by atoms with Crippen LogP contribution in [0.2, 0.25) is 0 Å². The van der Waals surface area contributed by atoms with Crippen molar-refractivity contribution < 1.29 is 22.5 Å². The molecular formula is C22H26F3N8O2P. The van der Waals surface area contributed by atoms with E-state index < -0.39 is 18.9 Å². The van der Waals surface area contributed by atoms with Gasteiger partial charge >= 0.3 is 6.18 Å². The molecule has 0 atom stereocenters. The molecule has 0 unspecified atom stereocenters. The van der Waals surface area contributed by atoms with Gasteiger partial charge in [-0.25, -0.2) is 25.8 Å². The van der Waals surface area contributed by atoms with Crippen LogP contribution in [0.1, 0.15) is 5.56 Å². The fraction of sp³-hybridized carbons (Fsp3) is 0.364. The fourth-order valence-corrected chi connectivity index (χ4v) is 4.42. The molecule has 1 aliphatic rings. The summed E-state index contributed by atoms with van der Waals surface area (Å²) in [4.78, 5) is 20.1. The van der Waals surface area contributed by atoms with E-state index in [0.29, 0.717) is 32.4 Å². The first-order valence-corrected chi connectivity index (χ1v) is 13.6. The number of piperazine rings is 1. The molecule has 0 spiro atoms. The lowest BCUT2D eigenvalue weighted by atomic mass is 10.2. The fourth-order valence-electron chi connectivity index (χ4n) is 3.75. The number of anilines is 4. The van der Waals surface area contributed by atoms with E-state index in [4.69, 9.17) is 10.6 Å². The maximum atomic E-state index is 13.8. The molecule has 0 bridgehead atoms. The van der Waals surface area contributed by atoms with Crippen molar-refractivity contribution in [2.45, 2.75) is 6.18 Å². The lowest BCUT2D eigenvalue weighted by Crippen LogP contribution is -2.47. The van der Waals surface area contributed by atoms with Crippen molar-refractivity contribution in [1.82, 2.24) is 19.9 Å². The van der Waals surface area contributed by atoms with Gasteiger partial charge in [0.25, 0.3) is 5.88 Å². The minimum Gasteiger partial charge on any atom is -0.478 e. The van der Waals surface area contributed by atoms with E-state index in [1.165, 1.54) is 26.6 Å². The van der Waals surface area contributed by atoms with Crippen LogP contribution in [0.4, 0.5) is 36.4 Å². The maximum Gasteiger partial charge on any atom is 0.421 e. The Balaban J connectivity index is 1.65. The molecule has 3 heterocycles. The second-order valence-electron chi connectivity index (χ2n) is 8.50. The Kier molecular flexibility index (Phi) is 7.05. The molecule has 10 nitrogen and oxygen atoms in total. The Morgan fingerprint density at radius 1 is 1.00 bits per heavy atom. The number of nitrogens with two attached hydrogens (primary N) is 1. The van der Waals surface area contributed by atoms with Crippen molar-refractivity contribution in [3.05, 3.63) is 48.3 Å². The average molecular weight is 522 g/mol. The Hall–Kier alpha value is -3.44. The van der Waals surface area contributed by atoms with Gasteiger partial charge in [0.1, 0.15) is 24.0 Å². The highest BCUT2D eigenvalue weighted by atomic mass is 31.2. The number of halogens is 3. The van der Waals surface area contributed by atoms with Crippen LogP contribution in [-0.4, -0.2) is 66.6 Å². The zero-order valence-corrected chi connectivity index (χ0v) is 20.9. The second-order valence-corrected chi connectivity index (χ2v) is 11.7. The van der Waals surface area contributed by atoms with E-state index in [1.54, 1.807) is 4.90 Å². The Bertz CT molecular complexity index is 1260. The van der Waals surface area contributed by atoms with Crippen LogP contribution in [0, 0.1) is 0 Å². The molecule has 36 heavy (non-hydrogen) atoms. The molecule has 2 aromatic heterocycles. The summed E-state index contributed by atoms with van der Waals surface area (Å²) in [7, 11) is -1.41. The highest BCUT2D eigenvalue weighted by Crippen LogP contribution is 2.38. The van der Waals surface area contributed by atoms with Crippen molar-refractivity contribution >= 4 is 35.8 Å². The highest BCUT2D eigenvalue weighted by Gasteiger charge is 2.38. The second kappa shape index (κ2) is 9.90. The predicted octanol–water partition coefficient (Wildman–Crippen LogP) is 2.88. The zero-order valence-electron chi connectivity index (χ0n) is 20.0. The van der Waals surface area contributed by atoms with Crippen LogP contribution < -0.4 is 30.8 Å². The SMILES string of the molecule is COc1nc(P(C)(C)=O)cnc1N(N)c1ncc(C(F)(F)F)c(N2CCN(c3ccccc3)CC2)n1. The van der Waals surface area contributed by atoms with Crippen LogP contribution in [0.3, 0.4) is 0 Å². The maximum absolute atomic E-state index is 13.8. The molecule has 1 aromatic carbocycles. The largest absolute Gasteiger partial charge is 0.478 e. The Labute approximate surface area is 206 Å². The van der Waals surface area contributed by atoms with Gasteiger partial charge < -0.3 is 19.1 Å². The molecule has 14 heteroatoms. The molecule has 0 aliphatic carbocycles. The molecule has 1 saturated heterocycles.